The molecule has 1 rings (SSSR count). The van der Waals surface area contributed by atoms with Gasteiger partial charge in [-0.2, -0.15) is 0 Å². The molecule has 0 radical (unpaired) electrons. The van der Waals surface area contributed by atoms with Crippen molar-refractivity contribution in [2.24, 2.45) is 5.92 Å². The Morgan fingerprint density at radius 2 is 2.00 bits per heavy atom. The first-order valence-corrected chi connectivity index (χ1v) is 6.32. The number of epoxide rings is 1. The minimum absolute atomic E-state index is 0.231. The Hall–Kier alpha value is -0.370. The lowest BCUT2D eigenvalue weighted by atomic mass is 9.88. The average Bonchev–Trinajstić information content (AvgIpc) is 2.97. The Morgan fingerprint density at radius 3 is 2.47 bits per heavy atom. The van der Waals surface area contributed by atoms with Crippen LogP contribution in [0.4, 0.5) is 0 Å². The lowest BCUT2D eigenvalue weighted by Gasteiger charge is -2.15. The van der Waals surface area contributed by atoms with E-state index in [1.807, 2.05) is 6.92 Å². The van der Waals surface area contributed by atoms with Gasteiger partial charge in [-0.25, -0.2) is 0 Å². The molecule has 0 spiro atoms. The van der Waals surface area contributed by atoms with Gasteiger partial charge in [-0.1, -0.05) is 39.5 Å². The molecule has 1 saturated heterocycles. The molecule has 0 aromatic heterocycles. The van der Waals surface area contributed by atoms with Gasteiger partial charge >= 0.3 is 0 Å². The van der Waals surface area contributed by atoms with Crippen molar-refractivity contribution in [3.05, 3.63) is 0 Å². The van der Waals surface area contributed by atoms with Crippen molar-refractivity contribution >= 4 is 5.78 Å². The van der Waals surface area contributed by atoms with Gasteiger partial charge in [0.2, 0.25) is 0 Å². The molecule has 1 aliphatic heterocycles. The van der Waals surface area contributed by atoms with Gasteiger partial charge in [0.15, 0.2) is 5.78 Å². The van der Waals surface area contributed by atoms with Crippen LogP contribution in [0.25, 0.3) is 0 Å². The molecule has 0 aromatic carbocycles. The van der Waals surface area contributed by atoms with Crippen LogP contribution in [0, 0.1) is 5.92 Å². The van der Waals surface area contributed by atoms with E-state index in [9.17, 15) is 4.79 Å². The maximum atomic E-state index is 12.0. The summed E-state index contributed by atoms with van der Waals surface area (Å²) in [6.45, 7) is 6.87. The summed E-state index contributed by atoms with van der Waals surface area (Å²) in [4.78, 5) is 12.0. The van der Waals surface area contributed by atoms with Crippen LogP contribution in [-0.2, 0) is 9.53 Å². The second kappa shape index (κ2) is 5.64. The summed E-state index contributed by atoms with van der Waals surface area (Å²) in [6, 6.07) is 0. The number of Topliss-reactive ketones (excluding diaryl/α,β-unsaturated/α-hetero) is 1. The van der Waals surface area contributed by atoms with Crippen LogP contribution < -0.4 is 0 Å². The molecule has 0 amide bonds. The minimum Gasteiger partial charge on any atom is -0.362 e. The summed E-state index contributed by atoms with van der Waals surface area (Å²) in [7, 11) is 0. The Balaban J connectivity index is 2.26. The highest BCUT2D eigenvalue weighted by atomic mass is 16.6. The van der Waals surface area contributed by atoms with E-state index in [1.165, 1.54) is 25.7 Å². The molecular formula is C13H24O2. The van der Waals surface area contributed by atoms with Crippen molar-refractivity contribution in [1.82, 2.24) is 0 Å². The van der Waals surface area contributed by atoms with Crippen LogP contribution >= 0.6 is 0 Å². The fourth-order valence-electron chi connectivity index (χ4n) is 2.02. The Labute approximate surface area is 93.4 Å². The monoisotopic (exact) mass is 212 g/mol. The van der Waals surface area contributed by atoms with Gasteiger partial charge < -0.3 is 4.74 Å². The van der Waals surface area contributed by atoms with Crippen LogP contribution in [0.5, 0.6) is 0 Å². The minimum atomic E-state index is -0.411. The van der Waals surface area contributed by atoms with Crippen molar-refractivity contribution in [3.8, 4) is 0 Å². The molecule has 0 aromatic rings. The number of hydrogen-bond donors (Lipinski definition) is 0. The molecule has 1 heterocycles. The number of rotatable bonds is 8. The number of carbonyl (C=O) groups excluding carboxylic acids is 1. The molecule has 1 aliphatic rings. The summed E-state index contributed by atoms with van der Waals surface area (Å²) in [5, 5.41) is 0. The van der Waals surface area contributed by atoms with Crippen LogP contribution in [0.3, 0.4) is 0 Å². The molecule has 2 atom stereocenters. The van der Waals surface area contributed by atoms with Crippen LogP contribution in [-0.4, -0.2) is 18.0 Å². The van der Waals surface area contributed by atoms with Crippen molar-refractivity contribution in [2.75, 3.05) is 6.61 Å². The number of ether oxygens (including phenoxy) is 1. The van der Waals surface area contributed by atoms with Crippen LogP contribution in [0.1, 0.15) is 59.3 Å². The van der Waals surface area contributed by atoms with Gasteiger partial charge in [0.1, 0.15) is 5.60 Å². The third-order valence-corrected chi connectivity index (χ3v) is 3.37. The number of hydrogen-bond acceptors (Lipinski definition) is 2. The van der Waals surface area contributed by atoms with Gasteiger partial charge in [-0.05, 0) is 19.8 Å². The van der Waals surface area contributed by atoms with Gasteiger partial charge in [-0.3, -0.25) is 4.79 Å². The largest absolute Gasteiger partial charge is 0.362 e. The first-order chi connectivity index (χ1) is 7.14. The highest BCUT2D eigenvalue weighted by molar-refractivity contribution is 5.91. The zero-order chi connectivity index (χ0) is 11.3. The Kier molecular flexibility index (Phi) is 4.78. The molecule has 15 heavy (non-hydrogen) atoms. The van der Waals surface area contributed by atoms with Crippen molar-refractivity contribution in [1.29, 1.82) is 0 Å². The normalized spacial score (nSPS) is 26.3. The fourth-order valence-corrected chi connectivity index (χ4v) is 2.02. The Bertz CT molecular complexity index is 207. The fraction of sp³-hybridized carbons (Fsp3) is 0.923. The molecule has 0 bridgehead atoms. The lowest BCUT2D eigenvalue weighted by molar-refractivity contribution is -0.127. The maximum absolute atomic E-state index is 12.0. The molecule has 1 fully saturated rings. The highest BCUT2D eigenvalue weighted by Gasteiger charge is 2.48. The first-order valence-electron chi connectivity index (χ1n) is 6.32. The van der Waals surface area contributed by atoms with E-state index in [2.05, 4.69) is 13.8 Å². The SMILES string of the molecule is CCCCCCC(CC)C(=O)C1(C)CO1. The van der Waals surface area contributed by atoms with E-state index >= 15 is 0 Å². The molecule has 0 N–H and O–H groups in total. The van der Waals surface area contributed by atoms with Gasteiger partial charge in [0, 0.05) is 5.92 Å². The maximum Gasteiger partial charge on any atom is 0.169 e. The second-order valence-corrected chi connectivity index (χ2v) is 4.84. The standard InChI is InChI=1S/C13H24O2/c1-4-6-7-8-9-11(5-2)12(14)13(3)10-15-13/h11H,4-10H2,1-3H3. The zero-order valence-electron chi connectivity index (χ0n) is 10.3. The predicted octanol–water partition coefficient (Wildman–Crippen LogP) is 3.34. The molecule has 88 valence electrons. The zero-order valence-corrected chi connectivity index (χ0v) is 10.3. The molecule has 0 saturated carbocycles. The smallest absolute Gasteiger partial charge is 0.169 e. The van der Waals surface area contributed by atoms with Crippen molar-refractivity contribution < 1.29 is 9.53 Å². The van der Waals surface area contributed by atoms with E-state index in [0.717, 1.165) is 12.8 Å². The predicted molar refractivity (Wildman–Crippen MR) is 61.9 cm³/mol. The second-order valence-electron chi connectivity index (χ2n) is 4.84. The molecule has 2 nitrogen and oxygen atoms in total. The van der Waals surface area contributed by atoms with Gasteiger partial charge in [0.05, 0.1) is 6.61 Å². The van der Waals surface area contributed by atoms with E-state index in [1.54, 1.807) is 0 Å². The number of unbranched alkanes of at least 4 members (excludes halogenated alkanes) is 3. The van der Waals surface area contributed by atoms with Gasteiger partial charge in [-0.15, -0.1) is 0 Å². The summed E-state index contributed by atoms with van der Waals surface area (Å²) < 4.78 is 5.22. The third-order valence-electron chi connectivity index (χ3n) is 3.37. The summed E-state index contributed by atoms with van der Waals surface area (Å²) in [5.74, 6) is 0.566. The van der Waals surface area contributed by atoms with E-state index in [0.29, 0.717) is 12.4 Å². The number of carbonyl (C=O) groups is 1. The summed E-state index contributed by atoms with van der Waals surface area (Å²) in [5.41, 5.74) is -0.411. The van der Waals surface area contributed by atoms with Crippen molar-refractivity contribution in [3.63, 3.8) is 0 Å². The first kappa shape index (κ1) is 12.7. The average molecular weight is 212 g/mol. The molecule has 2 unspecified atom stereocenters. The molecule has 2 heteroatoms. The molecule has 0 aliphatic carbocycles. The van der Waals surface area contributed by atoms with E-state index in [-0.39, 0.29) is 5.92 Å². The lowest BCUT2D eigenvalue weighted by Crippen LogP contribution is -2.28. The Morgan fingerprint density at radius 1 is 1.33 bits per heavy atom. The highest BCUT2D eigenvalue weighted by Crippen LogP contribution is 2.32. The third kappa shape index (κ3) is 3.60. The molecular weight excluding hydrogens is 188 g/mol. The number of ketones is 1. The summed E-state index contributed by atoms with van der Waals surface area (Å²) >= 11 is 0. The summed E-state index contributed by atoms with van der Waals surface area (Å²) in [6.07, 6.45) is 7.01. The van der Waals surface area contributed by atoms with Gasteiger partial charge in [0.25, 0.3) is 0 Å². The van der Waals surface area contributed by atoms with E-state index in [4.69, 9.17) is 4.74 Å². The van der Waals surface area contributed by atoms with Crippen molar-refractivity contribution in [2.45, 2.75) is 64.9 Å². The quantitative estimate of drug-likeness (QED) is 0.456. The van der Waals surface area contributed by atoms with Crippen LogP contribution in [0.2, 0.25) is 0 Å². The topological polar surface area (TPSA) is 29.6 Å². The van der Waals surface area contributed by atoms with Crippen LogP contribution in [0.15, 0.2) is 0 Å². The van der Waals surface area contributed by atoms with E-state index < -0.39 is 5.60 Å².